The smallest absolute Gasteiger partial charge is 0.339 e. The molecule has 16 aromatic rings. The zero-order chi connectivity index (χ0) is 89.8. The molecule has 0 aliphatic carbocycles. The second kappa shape index (κ2) is 39.1. The van der Waals surface area contributed by atoms with Crippen molar-refractivity contribution < 1.29 is 73.5 Å². The molecule has 4 unspecified atom stereocenters. The van der Waals surface area contributed by atoms with Gasteiger partial charge in [0.15, 0.2) is 6.29 Å². The predicted octanol–water partition coefficient (Wildman–Crippen LogP) is 23.0. The van der Waals surface area contributed by atoms with Crippen LogP contribution in [0.3, 0.4) is 0 Å². The van der Waals surface area contributed by atoms with E-state index in [1.807, 2.05) is 12.1 Å². The topological polar surface area (TPSA) is 275 Å². The minimum atomic E-state index is -0.857. The summed E-state index contributed by atoms with van der Waals surface area (Å²) in [6.45, 7) is 2.31. The Hall–Kier alpha value is -12.0. The van der Waals surface area contributed by atoms with Gasteiger partial charge in [-0.25, -0.2) is 78.6 Å². The van der Waals surface area contributed by atoms with E-state index < -0.39 is 52.5 Å². The van der Waals surface area contributed by atoms with Crippen LogP contribution >= 0.6 is 62.3 Å². The molecule has 1 N–H and O–H groups in total. The van der Waals surface area contributed by atoms with Crippen molar-refractivity contribution in [2.24, 2.45) is 0 Å². The summed E-state index contributed by atoms with van der Waals surface area (Å²) in [6.07, 6.45) is 23.7. The highest BCUT2D eigenvalue weighted by atomic mass is 79.9. The summed E-state index contributed by atoms with van der Waals surface area (Å²) in [5.41, 5.74) is 11.7. The monoisotopic (exact) mass is 1900 g/mol. The molecule has 0 bridgehead atoms. The second-order valence-electron chi connectivity index (χ2n) is 30.5. The number of aromatic nitrogens is 16. The van der Waals surface area contributed by atoms with Gasteiger partial charge < -0.3 is 28.8 Å². The molecule has 24 nitrogen and oxygen atoms in total. The van der Waals surface area contributed by atoms with E-state index in [-0.39, 0.29) is 96.5 Å². The van der Waals surface area contributed by atoms with E-state index in [9.17, 15) is 49.8 Å². The van der Waals surface area contributed by atoms with Gasteiger partial charge in [0.2, 0.25) is 0 Å². The van der Waals surface area contributed by atoms with E-state index in [2.05, 4.69) is 71.2 Å². The Labute approximate surface area is 757 Å². The summed E-state index contributed by atoms with van der Waals surface area (Å²) in [7, 11) is 1.28. The van der Waals surface area contributed by atoms with E-state index in [0.29, 0.717) is 133 Å². The first-order valence-electron chi connectivity index (χ1n) is 40.8. The van der Waals surface area contributed by atoms with E-state index in [4.69, 9.17) is 75.1 Å². The maximum atomic E-state index is 14.8. The largest absolute Gasteiger partial charge is 0.465 e. The number of hydrogen-bond donors (Lipinski definition) is 1. The van der Waals surface area contributed by atoms with Gasteiger partial charge in [0.25, 0.3) is 0 Å². The number of aliphatic hydroxyl groups excluding tert-OH is 1. The number of nitrogens with zero attached hydrogens (tertiary/aromatic N) is 16. The van der Waals surface area contributed by atoms with E-state index in [1.54, 1.807) is 117 Å². The molecule has 4 atom stereocenters. The van der Waals surface area contributed by atoms with Gasteiger partial charge in [-0.05, 0) is 196 Å². The fourth-order valence-electron chi connectivity index (χ4n) is 15.3. The molecule has 20 rings (SSSR count). The Bertz CT molecular complexity index is 6970. The third kappa shape index (κ3) is 19.5. The highest BCUT2D eigenvalue weighted by molar-refractivity contribution is 9.10. The lowest BCUT2D eigenvalue weighted by Crippen LogP contribution is -2.18. The predicted molar refractivity (Wildman–Crippen MR) is 470 cm³/mol. The first-order valence-corrected chi connectivity index (χ1v) is 43.1. The number of rotatable bonds is 15. The molecule has 0 spiro atoms. The van der Waals surface area contributed by atoms with Crippen LogP contribution in [0.1, 0.15) is 128 Å². The van der Waals surface area contributed by atoms with Crippen LogP contribution in [0.15, 0.2) is 175 Å². The molecule has 16 heterocycles. The Morgan fingerprint density at radius 2 is 0.705 bits per heavy atom. The molecular formula is C92H71BrCl4F8N16O8. The van der Waals surface area contributed by atoms with Gasteiger partial charge in [-0.15, -0.1) is 0 Å². The van der Waals surface area contributed by atoms with E-state index in [1.165, 1.54) is 43.8 Å². The van der Waals surface area contributed by atoms with Gasteiger partial charge in [0.1, 0.15) is 94.2 Å². The number of ether oxygens (including phenoxy) is 5. The molecule has 0 amide bonds. The molecule has 4 aromatic carbocycles. The highest BCUT2D eigenvalue weighted by Crippen LogP contribution is 2.43. The number of benzene rings is 4. The average molecular weight is 1900 g/mol. The Balaban J connectivity index is 0.000000121. The number of esters is 1. The van der Waals surface area contributed by atoms with Crippen LogP contribution in [0.4, 0.5) is 35.1 Å². The summed E-state index contributed by atoms with van der Waals surface area (Å²) < 4.78 is 150. The van der Waals surface area contributed by atoms with Gasteiger partial charge in [-0.3, -0.25) is 24.7 Å². The molecule has 4 aliphatic rings. The number of halogens is 13. The molecule has 4 fully saturated rings. The number of carbonyl (C=O) groups is 2. The lowest BCUT2D eigenvalue weighted by atomic mass is 10.0. The number of aliphatic hydroxyl groups is 1. The fraction of sp³-hybridized carbons (Fsp3) is 0.239. The quantitative estimate of drug-likeness (QED) is 0.0432. The molecule has 0 radical (unpaired) electrons. The third-order valence-corrected chi connectivity index (χ3v) is 23.4. The molecule has 658 valence electrons. The van der Waals surface area contributed by atoms with Gasteiger partial charge >= 0.3 is 5.97 Å². The van der Waals surface area contributed by atoms with Crippen molar-refractivity contribution >= 4 is 119 Å². The van der Waals surface area contributed by atoms with Crippen molar-refractivity contribution in [3.63, 3.8) is 0 Å². The zero-order valence-corrected chi connectivity index (χ0v) is 72.6. The summed E-state index contributed by atoms with van der Waals surface area (Å²) in [6, 6.07) is 28.9. The van der Waals surface area contributed by atoms with Crippen molar-refractivity contribution in [1.29, 1.82) is 0 Å². The summed E-state index contributed by atoms with van der Waals surface area (Å²) in [4.78, 5) is 58.8. The number of carbonyl (C=O) groups excluding carboxylic acids is 2. The molecule has 12 aromatic heterocycles. The average Bonchev–Trinajstić information content (AvgIpc) is 1.66. The maximum absolute atomic E-state index is 14.8. The normalized spacial score (nSPS) is 16.4. The van der Waals surface area contributed by atoms with Crippen LogP contribution in [-0.4, -0.2) is 130 Å². The van der Waals surface area contributed by atoms with Crippen LogP contribution in [0.25, 0.3) is 134 Å². The number of methoxy groups -OCH3 is 1. The second-order valence-corrected chi connectivity index (χ2v) is 33.0. The Morgan fingerprint density at radius 1 is 0.395 bits per heavy atom. The lowest BCUT2D eigenvalue weighted by Gasteiger charge is -2.22. The zero-order valence-electron chi connectivity index (χ0n) is 67.9. The first kappa shape index (κ1) is 89.0. The Morgan fingerprint density at radius 3 is 1.02 bits per heavy atom. The number of pyridine rings is 8. The highest BCUT2D eigenvalue weighted by Gasteiger charge is 2.31. The fourth-order valence-corrected chi connectivity index (χ4v) is 16.3. The van der Waals surface area contributed by atoms with E-state index >= 15 is 0 Å². The molecule has 0 saturated carbocycles. The minimum Gasteiger partial charge on any atom is -0.465 e. The number of hydrogen-bond acceptors (Lipinski definition) is 20. The Kier molecular flexibility index (Phi) is 27.0. The molecule has 4 saturated heterocycles. The molecule has 37 heteroatoms. The van der Waals surface area contributed by atoms with Crippen LogP contribution < -0.4 is 0 Å². The third-order valence-electron chi connectivity index (χ3n) is 21.8. The van der Waals surface area contributed by atoms with Crippen molar-refractivity contribution in [3.8, 4) is 90.1 Å². The maximum Gasteiger partial charge on any atom is 0.339 e. The van der Waals surface area contributed by atoms with Crippen molar-refractivity contribution in [2.75, 3.05) is 33.5 Å². The van der Waals surface area contributed by atoms with Crippen molar-refractivity contribution in [3.05, 3.63) is 259 Å². The standard InChI is InChI=1S/C24H19ClF2N4O3.C23H19ClF2N4O2.C23H17ClF2N4O2.C22H16BrClF2N4O/c1-33-24(32)13-8-21-20(28-11-13)6-5-19(29-21)15-12-31(22-4-2-3-7-34-22)30-23(15)14-9-16(25)18(27)10-17(14)26;2*24-16-8-14(17(25)9-18(16)26)23-15(11-30(29-23)22-3-1-2-6-32-22)19-4-5-20-21(28-19)7-13(12-31)10-27-20;23-12-7-20-19(27-10-12)5-4-18(28-20)14-11-30(21-3-1-2-6-31-21)29-22(14)13-8-15(24)17(26)9-16(13)25/h5-6,8-12,22H,2-4,7H2,1H3;4-5,7-11,22,31H,1-3,6,12H2;4-5,7-12,22H,1-3,6H2;4-5,7-11,21H,1-3,6H2. The summed E-state index contributed by atoms with van der Waals surface area (Å²) >= 11 is 27.2. The number of aldehydes is 1. The minimum absolute atomic E-state index is 0.0410. The van der Waals surface area contributed by atoms with Gasteiger partial charge in [0, 0.05) is 155 Å². The van der Waals surface area contributed by atoms with Gasteiger partial charge in [0.05, 0.1) is 106 Å². The van der Waals surface area contributed by atoms with Crippen LogP contribution in [0.5, 0.6) is 0 Å². The lowest BCUT2D eigenvalue weighted by molar-refractivity contribution is -0.0394. The first-order chi connectivity index (χ1) is 62.5. The van der Waals surface area contributed by atoms with Crippen LogP contribution in [-0.2, 0) is 30.3 Å². The molecular weight excluding hydrogens is 1830 g/mol. The number of fused-ring (bicyclic) bond motifs is 4. The van der Waals surface area contributed by atoms with Gasteiger partial charge in [-0.1, -0.05) is 46.4 Å². The van der Waals surface area contributed by atoms with E-state index in [0.717, 1.165) is 111 Å². The van der Waals surface area contributed by atoms with Crippen LogP contribution in [0.2, 0.25) is 20.1 Å². The van der Waals surface area contributed by atoms with Crippen molar-refractivity contribution in [1.82, 2.24) is 79.0 Å². The van der Waals surface area contributed by atoms with Crippen LogP contribution in [0, 0.1) is 46.5 Å². The SMILES string of the molecule is COC(=O)c1cnc2ccc(-c3cn(C4CCCCO4)nc3-c3cc(Cl)c(F)cc3F)nc2c1.Fc1cc(F)c(-c2nn(C3CCCCO3)cc2-c2ccc3ncc(Br)cc3n2)cc1Cl.O=Cc1cnc2ccc(-c3cn(C4CCCCO4)nc3-c3cc(Cl)c(F)cc3F)nc2c1.OCc1cnc2ccc(-c3cn(C4CCCCO4)nc3-c3cc(Cl)c(F)cc3F)nc2c1. The summed E-state index contributed by atoms with van der Waals surface area (Å²) in [5, 5.41) is 27.0. The summed E-state index contributed by atoms with van der Waals surface area (Å²) in [5.74, 6) is -6.99. The molecule has 4 aliphatic heterocycles. The van der Waals surface area contributed by atoms with Crippen molar-refractivity contribution in [2.45, 2.75) is 109 Å². The molecule has 129 heavy (non-hydrogen) atoms. The van der Waals surface area contributed by atoms with Gasteiger partial charge in [-0.2, -0.15) is 20.4 Å².